The van der Waals surface area contributed by atoms with Crippen LogP contribution in [0.2, 0.25) is 0 Å². The van der Waals surface area contributed by atoms with Crippen molar-refractivity contribution >= 4 is 5.91 Å². The van der Waals surface area contributed by atoms with E-state index in [4.69, 9.17) is 0 Å². The van der Waals surface area contributed by atoms with Crippen molar-refractivity contribution in [3.8, 4) is 5.69 Å². The first-order valence-corrected chi connectivity index (χ1v) is 9.57. The second kappa shape index (κ2) is 8.14. The lowest BCUT2D eigenvalue weighted by Crippen LogP contribution is -2.23. The maximum absolute atomic E-state index is 12.6. The van der Waals surface area contributed by atoms with Crippen LogP contribution in [0.1, 0.15) is 32.9 Å². The number of rotatable bonds is 6. The Morgan fingerprint density at radius 3 is 2.45 bits per heavy atom. The van der Waals surface area contributed by atoms with Crippen LogP contribution in [0.4, 0.5) is 0 Å². The minimum atomic E-state index is -0.105. The highest BCUT2D eigenvalue weighted by atomic mass is 16.1. The van der Waals surface area contributed by atoms with Gasteiger partial charge in [-0.15, -0.1) is 0 Å². The van der Waals surface area contributed by atoms with Gasteiger partial charge in [-0.25, -0.2) is 4.68 Å². The van der Waals surface area contributed by atoms with Crippen molar-refractivity contribution in [1.29, 1.82) is 0 Å². The monoisotopic (exact) mass is 385 g/mol. The van der Waals surface area contributed by atoms with Gasteiger partial charge >= 0.3 is 0 Å². The van der Waals surface area contributed by atoms with Crippen LogP contribution in [0.3, 0.4) is 0 Å². The molecule has 0 aliphatic heterocycles. The van der Waals surface area contributed by atoms with Gasteiger partial charge in [-0.05, 0) is 49.7 Å². The predicted molar refractivity (Wildman–Crippen MR) is 112 cm³/mol. The molecule has 0 saturated carbocycles. The fourth-order valence-corrected chi connectivity index (χ4v) is 3.36. The summed E-state index contributed by atoms with van der Waals surface area (Å²) in [6.07, 6.45) is 3.59. The van der Waals surface area contributed by atoms with E-state index >= 15 is 0 Å². The summed E-state index contributed by atoms with van der Waals surface area (Å²) in [5, 5.41) is 11.9. The molecule has 0 radical (unpaired) electrons. The molecule has 6 heteroatoms. The molecule has 4 rings (SSSR count). The number of carbonyl (C=O) groups is 1. The molecule has 2 aromatic carbocycles. The van der Waals surface area contributed by atoms with E-state index in [1.54, 1.807) is 10.9 Å². The summed E-state index contributed by atoms with van der Waals surface area (Å²) in [6, 6.07) is 19.5. The Hall–Kier alpha value is -3.67. The predicted octanol–water partition coefficient (Wildman–Crippen LogP) is 3.66. The first-order valence-electron chi connectivity index (χ1n) is 9.57. The SMILES string of the molecule is Cc1nn(Cc2ccccc2)c(C)c1CNC(=O)c1ccc(-n2cccn2)cc1. The molecule has 0 aliphatic rings. The second-order valence-corrected chi connectivity index (χ2v) is 6.97. The quantitative estimate of drug-likeness (QED) is 0.551. The molecule has 29 heavy (non-hydrogen) atoms. The first kappa shape index (κ1) is 18.7. The van der Waals surface area contributed by atoms with Crippen LogP contribution in [0.5, 0.6) is 0 Å². The third kappa shape index (κ3) is 4.11. The molecule has 6 nitrogen and oxygen atoms in total. The lowest BCUT2D eigenvalue weighted by Gasteiger charge is -2.08. The average Bonchev–Trinajstić information content (AvgIpc) is 3.37. The van der Waals surface area contributed by atoms with Crippen LogP contribution < -0.4 is 5.32 Å². The molecule has 0 fully saturated rings. The van der Waals surface area contributed by atoms with Gasteiger partial charge in [0.15, 0.2) is 0 Å². The summed E-state index contributed by atoms with van der Waals surface area (Å²) >= 11 is 0. The molecule has 146 valence electrons. The summed E-state index contributed by atoms with van der Waals surface area (Å²) in [6.45, 7) is 5.20. The number of hydrogen-bond donors (Lipinski definition) is 1. The topological polar surface area (TPSA) is 64.7 Å². The summed E-state index contributed by atoms with van der Waals surface area (Å²) in [4.78, 5) is 12.6. The number of hydrogen-bond acceptors (Lipinski definition) is 3. The van der Waals surface area contributed by atoms with Crippen LogP contribution in [-0.4, -0.2) is 25.5 Å². The lowest BCUT2D eigenvalue weighted by atomic mass is 10.1. The van der Waals surface area contributed by atoms with Crippen LogP contribution in [-0.2, 0) is 13.1 Å². The Bertz CT molecular complexity index is 1100. The van der Waals surface area contributed by atoms with Gasteiger partial charge in [-0.2, -0.15) is 10.2 Å². The van der Waals surface area contributed by atoms with Gasteiger partial charge in [0.05, 0.1) is 17.9 Å². The highest BCUT2D eigenvalue weighted by Crippen LogP contribution is 2.15. The zero-order valence-corrected chi connectivity index (χ0v) is 16.5. The first-order chi connectivity index (χ1) is 14.1. The van der Waals surface area contributed by atoms with E-state index in [9.17, 15) is 4.79 Å². The summed E-state index contributed by atoms with van der Waals surface area (Å²) in [5.41, 5.74) is 5.80. The number of benzene rings is 2. The van der Waals surface area contributed by atoms with Gasteiger partial charge in [0.2, 0.25) is 0 Å². The summed E-state index contributed by atoms with van der Waals surface area (Å²) in [5.74, 6) is -0.105. The summed E-state index contributed by atoms with van der Waals surface area (Å²) < 4.78 is 3.75. The van der Waals surface area contributed by atoms with Gasteiger partial charge < -0.3 is 5.32 Å². The van der Waals surface area contributed by atoms with Gasteiger partial charge in [0, 0.05) is 35.8 Å². The Morgan fingerprint density at radius 1 is 1.00 bits per heavy atom. The fraction of sp³-hybridized carbons (Fsp3) is 0.174. The second-order valence-electron chi connectivity index (χ2n) is 6.97. The minimum absolute atomic E-state index is 0.105. The van der Waals surface area contributed by atoms with Gasteiger partial charge in [0.1, 0.15) is 0 Å². The normalized spacial score (nSPS) is 10.8. The molecule has 1 amide bonds. The Morgan fingerprint density at radius 2 is 1.76 bits per heavy atom. The summed E-state index contributed by atoms with van der Waals surface area (Å²) in [7, 11) is 0. The lowest BCUT2D eigenvalue weighted by molar-refractivity contribution is 0.0951. The number of nitrogens with one attached hydrogen (secondary N) is 1. The maximum atomic E-state index is 12.6. The third-order valence-electron chi connectivity index (χ3n) is 5.03. The molecule has 1 N–H and O–H groups in total. The average molecular weight is 385 g/mol. The number of nitrogens with zero attached hydrogens (tertiary/aromatic N) is 4. The molecule has 0 atom stereocenters. The van der Waals surface area contributed by atoms with E-state index in [0.29, 0.717) is 12.1 Å². The Labute approximate surface area is 169 Å². The van der Waals surface area contributed by atoms with E-state index in [2.05, 4.69) is 27.6 Å². The molecule has 2 aromatic heterocycles. The van der Waals surface area contributed by atoms with Gasteiger partial charge in [-0.1, -0.05) is 30.3 Å². The van der Waals surface area contributed by atoms with Crippen molar-refractivity contribution in [3.05, 3.63) is 101 Å². The Kier molecular flexibility index (Phi) is 5.24. The van der Waals surface area contributed by atoms with Crippen molar-refractivity contribution in [3.63, 3.8) is 0 Å². The van der Waals surface area contributed by atoms with Gasteiger partial charge in [0.25, 0.3) is 5.91 Å². The largest absolute Gasteiger partial charge is 0.348 e. The van der Waals surface area contributed by atoms with Crippen LogP contribution in [0.15, 0.2) is 73.1 Å². The van der Waals surface area contributed by atoms with Crippen LogP contribution in [0.25, 0.3) is 5.69 Å². The smallest absolute Gasteiger partial charge is 0.251 e. The van der Waals surface area contributed by atoms with E-state index in [0.717, 1.165) is 29.2 Å². The Balaban J connectivity index is 1.43. The van der Waals surface area contributed by atoms with Crippen molar-refractivity contribution < 1.29 is 4.79 Å². The molecular formula is C23H23N5O. The van der Waals surface area contributed by atoms with Crippen molar-refractivity contribution in [2.75, 3.05) is 0 Å². The molecule has 2 heterocycles. The van der Waals surface area contributed by atoms with Crippen LogP contribution in [0, 0.1) is 13.8 Å². The van der Waals surface area contributed by atoms with E-state index in [-0.39, 0.29) is 5.91 Å². The van der Waals surface area contributed by atoms with Crippen molar-refractivity contribution in [2.24, 2.45) is 0 Å². The number of carbonyl (C=O) groups excluding carboxylic acids is 1. The zero-order valence-electron chi connectivity index (χ0n) is 16.5. The van der Waals surface area contributed by atoms with E-state index < -0.39 is 0 Å². The zero-order chi connectivity index (χ0) is 20.2. The highest BCUT2D eigenvalue weighted by Gasteiger charge is 2.13. The molecule has 0 saturated heterocycles. The molecule has 4 aromatic rings. The number of aromatic nitrogens is 4. The van der Waals surface area contributed by atoms with Crippen molar-refractivity contribution in [1.82, 2.24) is 24.9 Å². The minimum Gasteiger partial charge on any atom is -0.348 e. The number of aryl methyl sites for hydroxylation is 1. The highest BCUT2D eigenvalue weighted by molar-refractivity contribution is 5.94. The van der Waals surface area contributed by atoms with Gasteiger partial charge in [-0.3, -0.25) is 9.48 Å². The maximum Gasteiger partial charge on any atom is 0.251 e. The van der Waals surface area contributed by atoms with E-state index in [1.807, 2.05) is 73.3 Å². The van der Waals surface area contributed by atoms with E-state index in [1.165, 1.54) is 5.56 Å². The molecule has 0 spiro atoms. The molecule has 0 bridgehead atoms. The molecule has 0 unspecified atom stereocenters. The van der Waals surface area contributed by atoms with Crippen molar-refractivity contribution in [2.45, 2.75) is 26.9 Å². The standard InChI is InChI=1S/C23H23N5O/c1-17-22(18(2)28(26-17)16-19-7-4-3-5-8-19)15-24-23(29)20-9-11-21(12-10-20)27-14-6-13-25-27/h3-14H,15-16H2,1-2H3,(H,24,29). The molecular weight excluding hydrogens is 362 g/mol. The number of amides is 1. The van der Waals surface area contributed by atoms with Crippen LogP contribution >= 0.6 is 0 Å². The fourth-order valence-electron chi connectivity index (χ4n) is 3.36. The third-order valence-corrected chi connectivity index (χ3v) is 5.03. The molecule has 0 aliphatic carbocycles.